The Morgan fingerprint density at radius 2 is 1.00 bits per heavy atom. The SMILES string of the molecule is c1ccc(-c2ccccc2N(c2cccc(-c3ccc4ccccc4c3)c2)c2cccc3c2c2ccccc2n3-c2ccccc2)cc1. The van der Waals surface area contributed by atoms with Crippen LogP contribution in [-0.2, 0) is 0 Å². The summed E-state index contributed by atoms with van der Waals surface area (Å²) in [5.41, 5.74) is 11.6. The maximum absolute atomic E-state index is 2.46. The molecule has 0 saturated heterocycles. The standard InChI is InChI=1S/C46H32N2/c1-3-16-34(17-4-1)40-23-9-11-25-42(40)48(39-22-13-19-36(32-39)37-30-29-33-15-7-8-18-35(33)31-37)45-28-14-27-44-46(45)41-24-10-12-26-43(41)47(44)38-20-5-2-6-21-38/h1-32H. The molecule has 226 valence electrons. The van der Waals surface area contributed by atoms with Crippen molar-refractivity contribution in [3.63, 3.8) is 0 Å². The highest BCUT2D eigenvalue weighted by molar-refractivity contribution is 6.17. The first-order valence-electron chi connectivity index (χ1n) is 16.4. The van der Waals surface area contributed by atoms with Gasteiger partial charge in [0.05, 0.1) is 22.4 Å². The predicted molar refractivity (Wildman–Crippen MR) is 204 cm³/mol. The van der Waals surface area contributed by atoms with Crippen molar-refractivity contribution in [2.75, 3.05) is 4.90 Å². The number of fused-ring (bicyclic) bond motifs is 4. The minimum absolute atomic E-state index is 1.10. The summed E-state index contributed by atoms with van der Waals surface area (Å²) in [6, 6.07) is 69.9. The lowest BCUT2D eigenvalue weighted by molar-refractivity contribution is 1.18. The van der Waals surface area contributed by atoms with Crippen molar-refractivity contribution >= 4 is 49.6 Å². The Morgan fingerprint density at radius 3 is 1.88 bits per heavy atom. The Bertz CT molecular complexity index is 2560. The lowest BCUT2D eigenvalue weighted by Crippen LogP contribution is -2.12. The molecule has 48 heavy (non-hydrogen) atoms. The number of anilines is 3. The molecule has 9 rings (SSSR count). The summed E-state index contributed by atoms with van der Waals surface area (Å²) in [5.74, 6) is 0. The minimum atomic E-state index is 1.10. The molecule has 0 fully saturated rings. The van der Waals surface area contributed by atoms with E-state index in [-0.39, 0.29) is 0 Å². The van der Waals surface area contributed by atoms with E-state index >= 15 is 0 Å². The van der Waals surface area contributed by atoms with Gasteiger partial charge in [-0.3, -0.25) is 0 Å². The van der Waals surface area contributed by atoms with E-state index in [0.29, 0.717) is 0 Å². The molecule has 2 heteroatoms. The highest BCUT2D eigenvalue weighted by Gasteiger charge is 2.23. The Balaban J connectivity index is 1.33. The van der Waals surface area contributed by atoms with E-state index in [1.807, 2.05) is 0 Å². The van der Waals surface area contributed by atoms with Gasteiger partial charge in [0, 0.05) is 27.7 Å². The molecule has 0 saturated carbocycles. The first-order valence-corrected chi connectivity index (χ1v) is 16.4. The zero-order chi connectivity index (χ0) is 31.9. The van der Waals surface area contributed by atoms with Crippen molar-refractivity contribution in [2.24, 2.45) is 0 Å². The van der Waals surface area contributed by atoms with Crippen molar-refractivity contribution in [3.05, 3.63) is 194 Å². The van der Waals surface area contributed by atoms with Crippen LogP contribution in [0, 0.1) is 0 Å². The summed E-state index contributed by atoms with van der Waals surface area (Å²) < 4.78 is 2.39. The van der Waals surface area contributed by atoms with Crippen LogP contribution in [0.25, 0.3) is 60.5 Å². The van der Waals surface area contributed by atoms with E-state index in [9.17, 15) is 0 Å². The summed E-state index contributed by atoms with van der Waals surface area (Å²) in [6.07, 6.45) is 0. The predicted octanol–water partition coefficient (Wildman–Crippen LogP) is 12.7. The van der Waals surface area contributed by atoms with Crippen molar-refractivity contribution < 1.29 is 0 Å². The molecule has 1 heterocycles. The topological polar surface area (TPSA) is 8.17 Å². The quantitative estimate of drug-likeness (QED) is 0.181. The minimum Gasteiger partial charge on any atom is -0.309 e. The summed E-state index contributed by atoms with van der Waals surface area (Å²) in [5, 5.41) is 4.93. The maximum atomic E-state index is 2.46. The summed E-state index contributed by atoms with van der Waals surface area (Å²) in [7, 11) is 0. The van der Waals surface area contributed by atoms with Crippen LogP contribution in [0.1, 0.15) is 0 Å². The second-order valence-electron chi connectivity index (χ2n) is 12.2. The molecular weight excluding hydrogens is 581 g/mol. The summed E-state index contributed by atoms with van der Waals surface area (Å²) >= 11 is 0. The van der Waals surface area contributed by atoms with Gasteiger partial charge in [-0.1, -0.05) is 140 Å². The molecule has 0 aliphatic carbocycles. The number of hydrogen-bond donors (Lipinski definition) is 0. The average Bonchev–Trinajstić information content (AvgIpc) is 3.51. The fourth-order valence-corrected chi connectivity index (χ4v) is 7.17. The van der Waals surface area contributed by atoms with Crippen molar-refractivity contribution in [3.8, 4) is 27.9 Å². The second kappa shape index (κ2) is 11.8. The zero-order valence-electron chi connectivity index (χ0n) is 26.4. The normalized spacial score (nSPS) is 11.3. The molecule has 8 aromatic carbocycles. The Hall–Kier alpha value is -6.38. The van der Waals surface area contributed by atoms with Crippen LogP contribution in [0.4, 0.5) is 17.1 Å². The molecular formula is C46H32N2. The van der Waals surface area contributed by atoms with Gasteiger partial charge in [-0.25, -0.2) is 0 Å². The van der Waals surface area contributed by atoms with E-state index < -0.39 is 0 Å². The van der Waals surface area contributed by atoms with Gasteiger partial charge in [-0.05, 0) is 82.1 Å². The average molecular weight is 613 g/mol. The molecule has 0 aliphatic rings. The fourth-order valence-electron chi connectivity index (χ4n) is 7.17. The lowest BCUT2D eigenvalue weighted by atomic mass is 9.98. The first kappa shape index (κ1) is 27.9. The van der Waals surface area contributed by atoms with E-state index in [1.165, 1.54) is 54.8 Å². The number of para-hydroxylation sites is 3. The smallest absolute Gasteiger partial charge is 0.0562 e. The van der Waals surface area contributed by atoms with Gasteiger partial charge in [0.15, 0.2) is 0 Å². The Kier molecular flexibility index (Phi) is 6.84. The van der Waals surface area contributed by atoms with E-state index in [1.54, 1.807) is 0 Å². The summed E-state index contributed by atoms with van der Waals surface area (Å²) in [6.45, 7) is 0. The molecule has 0 N–H and O–H groups in total. The number of aromatic nitrogens is 1. The van der Waals surface area contributed by atoms with Crippen molar-refractivity contribution in [1.82, 2.24) is 4.57 Å². The number of nitrogens with zero attached hydrogens (tertiary/aromatic N) is 2. The van der Waals surface area contributed by atoms with Gasteiger partial charge in [0.1, 0.15) is 0 Å². The third kappa shape index (κ3) is 4.74. The number of rotatable bonds is 6. The second-order valence-corrected chi connectivity index (χ2v) is 12.2. The van der Waals surface area contributed by atoms with E-state index in [4.69, 9.17) is 0 Å². The molecule has 0 atom stereocenters. The Labute approximate surface area is 280 Å². The highest BCUT2D eigenvalue weighted by Crippen LogP contribution is 2.47. The molecule has 0 radical (unpaired) electrons. The van der Waals surface area contributed by atoms with E-state index in [2.05, 4.69) is 204 Å². The Morgan fingerprint density at radius 1 is 0.375 bits per heavy atom. The monoisotopic (exact) mass is 612 g/mol. The highest BCUT2D eigenvalue weighted by atomic mass is 15.2. The van der Waals surface area contributed by atoms with Crippen LogP contribution >= 0.6 is 0 Å². The molecule has 0 aliphatic heterocycles. The van der Waals surface area contributed by atoms with Gasteiger partial charge >= 0.3 is 0 Å². The third-order valence-electron chi connectivity index (χ3n) is 9.35. The van der Waals surface area contributed by atoms with Crippen molar-refractivity contribution in [2.45, 2.75) is 0 Å². The third-order valence-corrected chi connectivity index (χ3v) is 9.35. The van der Waals surface area contributed by atoms with Crippen LogP contribution in [0.2, 0.25) is 0 Å². The molecule has 9 aromatic rings. The first-order chi connectivity index (χ1) is 23.8. The van der Waals surface area contributed by atoms with Crippen LogP contribution in [0.5, 0.6) is 0 Å². The fraction of sp³-hybridized carbons (Fsp3) is 0. The molecule has 0 spiro atoms. The molecule has 0 amide bonds. The number of benzene rings is 8. The van der Waals surface area contributed by atoms with Crippen LogP contribution in [0.3, 0.4) is 0 Å². The van der Waals surface area contributed by atoms with Crippen molar-refractivity contribution in [1.29, 1.82) is 0 Å². The van der Waals surface area contributed by atoms with Gasteiger partial charge in [-0.15, -0.1) is 0 Å². The van der Waals surface area contributed by atoms with E-state index in [0.717, 1.165) is 22.7 Å². The van der Waals surface area contributed by atoms with Gasteiger partial charge < -0.3 is 9.47 Å². The lowest BCUT2D eigenvalue weighted by Gasteiger charge is -2.29. The van der Waals surface area contributed by atoms with Gasteiger partial charge in [-0.2, -0.15) is 0 Å². The molecule has 1 aromatic heterocycles. The molecule has 0 unspecified atom stereocenters. The van der Waals surface area contributed by atoms with Crippen LogP contribution in [0.15, 0.2) is 194 Å². The molecule has 2 nitrogen and oxygen atoms in total. The zero-order valence-corrected chi connectivity index (χ0v) is 26.4. The molecule has 0 bridgehead atoms. The van der Waals surface area contributed by atoms with Gasteiger partial charge in [0.2, 0.25) is 0 Å². The van der Waals surface area contributed by atoms with Gasteiger partial charge in [0.25, 0.3) is 0 Å². The van der Waals surface area contributed by atoms with Crippen LogP contribution in [-0.4, -0.2) is 4.57 Å². The number of hydrogen-bond acceptors (Lipinski definition) is 1. The summed E-state index contributed by atoms with van der Waals surface area (Å²) in [4.78, 5) is 2.46. The largest absolute Gasteiger partial charge is 0.309 e. The maximum Gasteiger partial charge on any atom is 0.0562 e. The van der Waals surface area contributed by atoms with Crippen LogP contribution < -0.4 is 4.90 Å².